The van der Waals surface area contributed by atoms with Crippen LogP contribution >= 0.6 is 11.3 Å². The fourth-order valence-electron chi connectivity index (χ4n) is 3.94. The number of ketones is 1. The number of carbonyl (C=O) groups is 3. The fraction of sp³-hybridized carbons (Fsp3) is 0.333. The molecule has 0 bridgehead atoms. The average molecular weight is 507 g/mol. The predicted molar refractivity (Wildman–Crippen MR) is 141 cm³/mol. The summed E-state index contributed by atoms with van der Waals surface area (Å²) < 4.78 is 5.47. The molecule has 0 spiro atoms. The van der Waals surface area contributed by atoms with Crippen molar-refractivity contribution >= 4 is 34.3 Å². The van der Waals surface area contributed by atoms with Crippen LogP contribution in [0, 0.1) is 0 Å². The van der Waals surface area contributed by atoms with Gasteiger partial charge in [0.15, 0.2) is 10.9 Å². The summed E-state index contributed by atoms with van der Waals surface area (Å²) in [6.07, 6.45) is -0.0474. The second kappa shape index (κ2) is 10.5. The molecule has 1 saturated heterocycles. The summed E-state index contributed by atoms with van der Waals surface area (Å²) in [5.41, 5.74) is 7.76. The van der Waals surface area contributed by atoms with Crippen molar-refractivity contribution in [2.45, 2.75) is 32.8 Å². The molecule has 188 valence electrons. The lowest BCUT2D eigenvalue weighted by Crippen LogP contribution is -2.50. The molecule has 2 heterocycles. The van der Waals surface area contributed by atoms with E-state index in [9.17, 15) is 14.4 Å². The molecule has 1 fully saturated rings. The highest BCUT2D eigenvalue weighted by Crippen LogP contribution is 2.34. The normalized spacial score (nSPS) is 14.0. The number of thiazole rings is 1. The quantitative estimate of drug-likeness (QED) is 0.497. The molecule has 8 nitrogen and oxygen atoms in total. The number of primary amides is 1. The number of Topliss-reactive ketones (excluding diaryl/α,β-unsaturated/α-hetero) is 1. The number of amides is 2. The molecule has 0 radical (unpaired) electrons. The number of benzene rings is 2. The van der Waals surface area contributed by atoms with Crippen LogP contribution in [-0.4, -0.2) is 59.4 Å². The second-order valence-electron chi connectivity index (χ2n) is 9.66. The molecule has 9 heteroatoms. The van der Waals surface area contributed by atoms with E-state index in [-0.39, 0.29) is 18.3 Å². The van der Waals surface area contributed by atoms with Gasteiger partial charge in [0.05, 0.1) is 5.69 Å². The minimum atomic E-state index is -0.567. The van der Waals surface area contributed by atoms with E-state index in [0.717, 1.165) is 5.56 Å². The van der Waals surface area contributed by atoms with E-state index in [2.05, 4.69) is 0 Å². The van der Waals surface area contributed by atoms with Gasteiger partial charge in [0.2, 0.25) is 0 Å². The fourth-order valence-corrected chi connectivity index (χ4v) is 4.93. The number of hydrogen-bond acceptors (Lipinski definition) is 7. The van der Waals surface area contributed by atoms with Gasteiger partial charge in [0.25, 0.3) is 5.91 Å². The molecule has 2 N–H and O–H groups in total. The third-order valence-electron chi connectivity index (χ3n) is 5.71. The number of anilines is 1. The third kappa shape index (κ3) is 6.09. The smallest absolute Gasteiger partial charge is 0.410 e. The first-order valence-corrected chi connectivity index (χ1v) is 12.6. The van der Waals surface area contributed by atoms with E-state index >= 15 is 0 Å². The maximum absolute atomic E-state index is 12.9. The summed E-state index contributed by atoms with van der Waals surface area (Å²) in [6, 6.07) is 16.7. The molecule has 4 rings (SSSR count). The number of hydrogen-bond donors (Lipinski definition) is 1. The number of piperazine rings is 1. The largest absolute Gasteiger partial charge is 0.444 e. The van der Waals surface area contributed by atoms with Crippen molar-refractivity contribution in [2.75, 3.05) is 31.1 Å². The van der Waals surface area contributed by atoms with Crippen LogP contribution in [0.15, 0.2) is 54.6 Å². The van der Waals surface area contributed by atoms with Crippen molar-refractivity contribution in [2.24, 2.45) is 5.73 Å². The lowest BCUT2D eigenvalue weighted by molar-refractivity contribution is 0.0240. The highest BCUT2D eigenvalue weighted by atomic mass is 32.1. The molecule has 0 aliphatic carbocycles. The first-order chi connectivity index (χ1) is 17.1. The lowest BCUT2D eigenvalue weighted by atomic mass is 10.00. The molecular formula is C27H30N4O4S. The van der Waals surface area contributed by atoms with Crippen molar-refractivity contribution in [3.05, 3.63) is 70.6 Å². The summed E-state index contributed by atoms with van der Waals surface area (Å²) in [7, 11) is 0. The van der Waals surface area contributed by atoms with Gasteiger partial charge >= 0.3 is 6.09 Å². The van der Waals surface area contributed by atoms with Gasteiger partial charge in [-0.25, -0.2) is 9.78 Å². The minimum absolute atomic E-state index is 0.0163. The first kappa shape index (κ1) is 25.4. The highest BCUT2D eigenvalue weighted by Gasteiger charge is 2.28. The molecular weight excluding hydrogens is 476 g/mol. The Labute approximate surface area is 214 Å². The van der Waals surface area contributed by atoms with E-state index in [0.29, 0.717) is 53.0 Å². The standard InChI is InChI=1S/C27H30N4O4S/c1-27(2,3)35-26(34)31-14-12-30(13-15-31)25-29-22(23(36-25)24(28)33)20-11-7-10-19(17-20)21(32)16-18-8-5-4-6-9-18/h4-11,17H,12-16H2,1-3H3,(H2,28,33). The van der Waals surface area contributed by atoms with Crippen molar-refractivity contribution in [1.29, 1.82) is 0 Å². The zero-order chi connectivity index (χ0) is 25.9. The first-order valence-electron chi connectivity index (χ1n) is 11.8. The van der Waals surface area contributed by atoms with Gasteiger partial charge in [0.1, 0.15) is 10.5 Å². The van der Waals surface area contributed by atoms with Crippen LogP contribution in [0.5, 0.6) is 0 Å². The van der Waals surface area contributed by atoms with E-state index in [4.69, 9.17) is 15.5 Å². The average Bonchev–Trinajstić information content (AvgIpc) is 3.30. The van der Waals surface area contributed by atoms with Crippen LogP contribution in [0.4, 0.5) is 9.93 Å². The molecule has 3 aromatic rings. The Bertz CT molecular complexity index is 1260. The molecule has 1 aromatic heterocycles. The Balaban J connectivity index is 1.52. The van der Waals surface area contributed by atoms with Crippen molar-refractivity contribution < 1.29 is 19.1 Å². The van der Waals surface area contributed by atoms with Crippen molar-refractivity contribution in [3.8, 4) is 11.3 Å². The highest BCUT2D eigenvalue weighted by molar-refractivity contribution is 7.18. The molecule has 0 saturated carbocycles. The maximum atomic E-state index is 12.9. The van der Waals surface area contributed by atoms with Crippen molar-refractivity contribution in [1.82, 2.24) is 9.88 Å². The van der Waals surface area contributed by atoms with Crippen LogP contribution in [0.3, 0.4) is 0 Å². The second-order valence-corrected chi connectivity index (χ2v) is 10.6. The Morgan fingerprint density at radius 3 is 2.33 bits per heavy atom. The Kier molecular flexibility index (Phi) is 7.40. The Morgan fingerprint density at radius 1 is 1.00 bits per heavy atom. The Hall–Kier alpha value is -3.72. The van der Waals surface area contributed by atoms with Crippen LogP contribution in [0.2, 0.25) is 0 Å². The summed E-state index contributed by atoms with van der Waals surface area (Å²) in [5.74, 6) is -0.584. The van der Waals surface area contributed by atoms with Crippen LogP contribution < -0.4 is 10.6 Å². The van der Waals surface area contributed by atoms with Gasteiger partial charge in [-0.2, -0.15) is 0 Å². The van der Waals surface area contributed by atoms with Crippen LogP contribution in [0.1, 0.15) is 46.4 Å². The zero-order valence-electron chi connectivity index (χ0n) is 20.7. The predicted octanol–water partition coefficient (Wildman–Crippen LogP) is 4.39. The van der Waals surface area contributed by atoms with Gasteiger partial charge in [-0.1, -0.05) is 59.9 Å². The van der Waals surface area contributed by atoms with Gasteiger partial charge in [-0.05, 0) is 32.4 Å². The van der Waals surface area contributed by atoms with Gasteiger partial charge in [-0.15, -0.1) is 0 Å². The van der Waals surface area contributed by atoms with Crippen LogP contribution in [0.25, 0.3) is 11.3 Å². The number of carbonyl (C=O) groups excluding carboxylic acids is 3. The van der Waals surface area contributed by atoms with Crippen molar-refractivity contribution in [3.63, 3.8) is 0 Å². The molecule has 36 heavy (non-hydrogen) atoms. The van der Waals surface area contributed by atoms with E-state index in [1.165, 1.54) is 11.3 Å². The molecule has 2 aromatic carbocycles. The number of nitrogens with zero attached hydrogens (tertiary/aromatic N) is 3. The lowest BCUT2D eigenvalue weighted by Gasteiger charge is -2.35. The summed E-state index contributed by atoms with van der Waals surface area (Å²) in [6.45, 7) is 7.61. The molecule has 1 aliphatic rings. The summed E-state index contributed by atoms with van der Waals surface area (Å²) in [5, 5.41) is 0.656. The summed E-state index contributed by atoms with van der Waals surface area (Å²) >= 11 is 1.23. The van der Waals surface area contributed by atoms with Gasteiger partial charge in [0, 0.05) is 43.7 Å². The Morgan fingerprint density at radius 2 is 1.69 bits per heavy atom. The van der Waals surface area contributed by atoms with Gasteiger partial charge in [-0.3, -0.25) is 9.59 Å². The van der Waals surface area contributed by atoms with Gasteiger partial charge < -0.3 is 20.3 Å². The minimum Gasteiger partial charge on any atom is -0.444 e. The van der Waals surface area contributed by atoms with E-state index in [1.54, 1.807) is 23.1 Å². The van der Waals surface area contributed by atoms with E-state index in [1.807, 2.05) is 62.1 Å². The summed E-state index contributed by atoms with van der Waals surface area (Å²) in [4.78, 5) is 46.3. The molecule has 2 amide bonds. The number of nitrogens with two attached hydrogens (primary N) is 1. The molecule has 1 aliphatic heterocycles. The zero-order valence-corrected chi connectivity index (χ0v) is 21.5. The molecule has 0 atom stereocenters. The number of aromatic nitrogens is 1. The topological polar surface area (TPSA) is 106 Å². The monoisotopic (exact) mass is 506 g/mol. The molecule has 0 unspecified atom stereocenters. The van der Waals surface area contributed by atoms with Crippen LogP contribution in [-0.2, 0) is 11.2 Å². The number of ether oxygens (including phenoxy) is 1. The SMILES string of the molecule is CC(C)(C)OC(=O)N1CCN(c2nc(-c3cccc(C(=O)Cc4ccccc4)c3)c(C(N)=O)s2)CC1. The third-order valence-corrected chi connectivity index (χ3v) is 6.84. The maximum Gasteiger partial charge on any atom is 0.410 e. The number of rotatable bonds is 6. The van der Waals surface area contributed by atoms with E-state index < -0.39 is 11.5 Å².